The number of benzene rings is 3. The minimum absolute atomic E-state index is 0.206. The molecule has 158 valence electrons. The molecule has 4 heterocycles. The zero-order chi connectivity index (χ0) is 21.1. The van der Waals surface area contributed by atoms with Crippen LogP contribution >= 0.6 is 0 Å². The van der Waals surface area contributed by atoms with Crippen LogP contribution in [0.5, 0.6) is 17.2 Å². The van der Waals surface area contributed by atoms with Gasteiger partial charge in [-0.05, 0) is 41.5 Å². The first-order valence-corrected chi connectivity index (χ1v) is 10.8. The summed E-state index contributed by atoms with van der Waals surface area (Å²) in [6.45, 7) is 2.58. The molecule has 1 aromatic heterocycles. The van der Waals surface area contributed by atoms with E-state index in [1.807, 2.05) is 23.0 Å². The Bertz CT molecular complexity index is 1320. The second-order valence-electron chi connectivity index (χ2n) is 8.56. The molecular formula is C26H21N3O3. The lowest BCUT2D eigenvalue weighted by molar-refractivity contribution is 0.173. The Morgan fingerprint density at radius 3 is 2.53 bits per heavy atom. The largest absolute Gasteiger partial charge is 0.492 e. The second-order valence-corrected chi connectivity index (χ2v) is 8.56. The van der Waals surface area contributed by atoms with Crippen LogP contribution in [-0.4, -0.2) is 29.7 Å². The molecular weight excluding hydrogens is 402 g/mol. The van der Waals surface area contributed by atoms with Crippen LogP contribution in [0.25, 0.3) is 5.69 Å². The first kappa shape index (κ1) is 17.7. The van der Waals surface area contributed by atoms with Crippen LogP contribution in [0.4, 0.5) is 5.69 Å². The van der Waals surface area contributed by atoms with Crippen LogP contribution in [0.3, 0.4) is 0 Å². The smallest absolute Gasteiger partial charge is 0.231 e. The van der Waals surface area contributed by atoms with E-state index in [2.05, 4.69) is 64.6 Å². The first-order chi connectivity index (χ1) is 15.8. The van der Waals surface area contributed by atoms with Crippen molar-refractivity contribution in [2.45, 2.75) is 12.0 Å². The van der Waals surface area contributed by atoms with E-state index in [9.17, 15) is 0 Å². The van der Waals surface area contributed by atoms with Crippen molar-refractivity contribution >= 4 is 5.69 Å². The van der Waals surface area contributed by atoms with E-state index in [4.69, 9.17) is 14.2 Å². The number of para-hydroxylation sites is 1. The molecule has 1 atom stereocenters. The maximum Gasteiger partial charge on any atom is 0.231 e. The Hall–Kier alpha value is -3.93. The average Bonchev–Trinajstić information content (AvgIpc) is 3.62. The van der Waals surface area contributed by atoms with Gasteiger partial charge in [0.25, 0.3) is 0 Å². The van der Waals surface area contributed by atoms with Gasteiger partial charge in [0, 0.05) is 42.8 Å². The summed E-state index contributed by atoms with van der Waals surface area (Å²) in [5.74, 6) is 2.47. The molecule has 4 aromatic rings. The molecule has 3 aromatic carbocycles. The van der Waals surface area contributed by atoms with Gasteiger partial charge in [0.15, 0.2) is 11.5 Å². The highest BCUT2D eigenvalue weighted by Gasteiger charge is 2.50. The Balaban J connectivity index is 1.24. The lowest BCUT2D eigenvalue weighted by atomic mass is 9.77. The number of nitrogens with zero attached hydrogens (tertiary/aromatic N) is 3. The van der Waals surface area contributed by atoms with Crippen molar-refractivity contribution in [3.63, 3.8) is 0 Å². The van der Waals surface area contributed by atoms with E-state index >= 15 is 0 Å². The van der Waals surface area contributed by atoms with Crippen molar-refractivity contribution in [1.82, 2.24) is 9.78 Å². The van der Waals surface area contributed by atoms with Gasteiger partial charge in [-0.15, -0.1) is 0 Å². The summed E-state index contributed by atoms with van der Waals surface area (Å²) in [5.41, 5.74) is 5.88. The van der Waals surface area contributed by atoms with Gasteiger partial charge in [-0.2, -0.15) is 5.10 Å². The van der Waals surface area contributed by atoms with E-state index in [1.165, 1.54) is 22.4 Å². The molecule has 3 aliphatic rings. The van der Waals surface area contributed by atoms with Gasteiger partial charge in [0.05, 0.1) is 11.1 Å². The van der Waals surface area contributed by atoms with Crippen LogP contribution in [0.1, 0.15) is 16.7 Å². The van der Waals surface area contributed by atoms with Gasteiger partial charge < -0.3 is 19.1 Å². The van der Waals surface area contributed by atoms with Crippen LogP contribution in [0.2, 0.25) is 0 Å². The molecule has 0 N–H and O–H groups in total. The molecule has 6 heteroatoms. The van der Waals surface area contributed by atoms with Crippen molar-refractivity contribution in [3.8, 4) is 22.9 Å². The molecule has 0 aliphatic carbocycles. The fourth-order valence-corrected chi connectivity index (χ4v) is 5.24. The molecule has 0 saturated heterocycles. The number of anilines is 1. The molecule has 6 nitrogen and oxygen atoms in total. The lowest BCUT2D eigenvalue weighted by Crippen LogP contribution is -2.35. The van der Waals surface area contributed by atoms with Crippen molar-refractivity contribution in [3.05, 3.63) is 95.8 Å². The zero-order valence-corrected chi connectivity index (χ0v) is 17.4. The third-order valence-electron chi connectivity index (χ3n) is 6.76. The molecule has 0 amide bonds. The van der Waals surface area contributed by atoms with Crippen LogP contribution in [-0.2, 0) is 12.0 Å². The summed E-state index contributed by atoms with van der Waals surface area (Å²) >= 11 is 0. The Morgan fingerprint density at radius 2 is 1.69 bits per heavy atom. The minimum atomic E-state index is -0.206. The Kier molecular flexibility index (Phi) is 3.62. The third-order valence-corrected chi connectivity index (χ3v) is 6.76. The molecule has 32 heavy (non-hydrogen) atoms. The first-order valence-electron chi connectivity index (χ1n) is 10.8. The second kappa shape index (κ2) is 6.53. The summed E-state index contributed by atoms with van der Waals surface area (Å²) in [5, 5.41) is 4.32. The maximum atomic E-state index is 6.20. The summed E-state index contributed by atoms with van der Waals surface area (Å²) in [4.78, 5) is 2.46. The normalized spacial score (nSPS) is 19.8. The number of hydrogen-bond donors (Lipinski definition) is 0. The Labute approximate surface area is 185 Å². The monoisotopic (exact) mass is 423 g/mol. The summed E-state index contributed by atoms with van der Waals surface area (Å²) in [6.07, 6.45) is 3.75. The molecule has 0 fully saturated rings. The standard InChI is InChI=1S/C26H21N3O3/c1-2-5-22-20(4-1)26(16-30-23-13-25-24(12-21(23)26)31-17-32-25)15-28(22)14-18-6-8-19(9-7-18)29-11-3-10-27-29/h1-13H,14-17H2. The van der Waals surface area contributed by atoms with Gasteiger partial charge in [0.2, 0.25) is 6.79 Å². The fraction of sp³-hybridized carbons (Fsp3) is 0.192. The van der Waals surface area contributed by atoms with E-state index in [0.717, 1.165) is 36.0 Å². The topological polar surface area (TPSA) is 48.8 Å². The van der Waals surface area contributed by atoms with Gasteiger partial charge in [-0.25, -0.2) is 4.68 Å². The highest BCUT2D eigenvalue weighted by atomic mass is 16.7. The van der Waals surface area contributed by atoms with Crippen molar-refractivity contribution < 1.29 is 14.2 Å². The van der Waals surface area contributed by atoms with E-state index in [0.29, 0.717) is 6.61 Å². The molecule has 0 bridgehead atoms. The highest BCUT2D eigenvalue weighted by molar-refractivity contribution is 5.71. The predicted molar refractivity (Wildman–Crippen MR) is 120 cm³/mol. The van der Waals surface area contributed by atoms with E-state index in [-0.39, 0.29) is 12.2 Å². The van der Waals surface area contributed by atoms with Crippen LogP contribution in [0, 0.1) is 0 Å². The quantitative estimate of drug-likeness (QED) is 0.492. The number of rotatable bonds is 3. The van der Waals surface area contributed by atoms with Crippen LogP contribution in [0.15, 0.2) is 79.1 Å². The third kappa shape index (κ3) is 2.49. The van der Waals surface area contributed by atoms with Crippen molar-refractivity contribution in [2.75, 3.05) is 24.8 Å². The van der Waals surface area contributed by atoms with Crippen LogP contribution < -0.4 is 19.1 Å². The van der Waals surface area contributed by atoms with Crippen molar-refractivity contribution in [2.24, 2.45) is 0 Å². The molecule has 1 spiro atoms. The number of aromatic nitrogens is 2. The summed E-state index contributed by atoms with van der Waals surface area (Å²) in [6, 6.07) is 23.3. The van der Waals surface area contributed by atoms with Gasteiger partial charge in [-0.3, -0.25) is 0 Å². The lowest BCUT2D eigenvalue weighted by Gasteiger charge is -2.25. The number of ether oxygens (including phenoxy) is 3. The molecule has 3 aliphatic heterocycles. The molecule has 7 rings (SSSR count). The van der Waals surface area contributed by atoms with E-state index < -0.39 is 0 Å². The highest BCUT2D eigenvalue weighted by Crippen LogP contribution is 2.54. The molecule has 0 saturated carbocycles. The van der Waals surface area contributed by atoms with Gasteiger partial charge in [-0.1, -0.05) is 30.3 Å². The maximum absolute atomic E-state index is 6.20. The fourth-order valence-electron chi connectivity index (χ4n) is 5.24. The molecule has 1 unspecified atom stereocenters. The van der Waals surface area contributed by atoms with Crippen molar-refractivity contribution in [1.29, 1.82) is 0 Å². The van der Waals surface area contributed by atoms with Gasteiger partial charge >= 0.3 is 0 Å². The summed E-state index contributed by atoms with van der Waals surface area (Å²) < 4.78 is 19.3. The SMILES string of the molecule is c1ccc2c(c1)N(Cc1ccc(-n3cccn3)cc1)CC21COc2cc3c(cc21)OCO3. The summed E-state index contributed by atoms with van der Waals surface area (Å²) in [7, 11) is 0. The Morgan fingerprint density at radius 1 is 0.844 bits per heavy atom. The number of hydrogen-bond acceptors (Lipinski definition) is 5. The number of fused-ring (bicyclic) bond motifs is 5. The van der Waals surface area contributed by atoms with Gasteiger partial charge in [0.1, 0.15) is 12.4 Å². The molecule has 0 radical (unpaired) electrons. The zero-order valence-electron chi connectivity index (χ0n) is 17.4. The average molecular weight is 423 g/mol. The van der Waals surface area contributed by atoms with E-state index in [1.54, 1.807) is 6.20 Å². The minimum Gasteiger partial charge on any atom is -0.492 e. The predicted octanol–water partition coefficient (Wildman–Crippen LogP) is 4.30.